The predicted octanol–water partition coefficient (Wildman–Crippen LogP) is 2.38. The van der Waals surface area contributed by atoms with E-state index in [1.807, 2.05) is 35.0 Å². The van der Waals surface area contributed by atoms with Crippen molar-refractivity contribution >= 4 is 19.7 Å². The minimum absolute atomic E-state index is 0.0329. The summed E-state index contributed by atoms with van der Waals surface area (Å²) in [5.74, 6) is -0.830. The van der Waals surface area contributed by atoms with Crippen molar-refractivity contribution < 1.29 is 37.5 Å². The summed E-state index contributed by atoms with van der Waals surface area (Å²) in [4.78, 5) is 35.9. The number of nitrogens with zero attached hydrogens (tertiary/aromatic N) is 1. The maximum atomic E-state index is 12.1. The first-order valence-electron chi connectivity index (χ1n) is 10.9. The van der Waals surface area contributed by atoms with Crippen LogP contribution in [0.4, 0.5) is 0 Å². The Bertz CT molecular complexity index is 538. The summed E-state index contributed by atoms with van der Waals surface area (Å²) in [7, 11) is 1.47. The van der Waals surface area contributed by atoms with Crippen molar-refractivity contribution in [2.75, 3.05) is 47.4 Å². The van der Waals surface area contributed by atoms with Crippen molar-refractivity contribution in [1.82, 2.24) is 5.09 Å². The summed E-state index contributed by atoms with van der Waals surface area (Å²) in [6, 6.07) is 0. The molecule has 0 heterocycles. The quantitative estimate of drug-likeness (QED) is 0.146. The van der Waals surface area contributed by atoms with E-state index in [1.165, 1.54) is 0 Å². The predicted molar refractivity (Wildman–Crippen MR) is 114 cm³/mol. The number of hydrogen-bond donors (Lipinski definition) is 1. The van der Waals surface area contributed by atoms with Crippen LogP contribution in [0.5, 0.6) is 0 Å². The van der Waals surface area contributed by atoms with Crippen LogP contribution in [-0.4, -0.2) is 70.0 Å². The van der Waals surface area contributed by atoms with Crippen LogP contribution in [0.3, 0.4) is 0 Å². The van der Waals surface area contributed by atoms with Gasteiger partial charge in [0, 0.05) is 19.4 Å². The van der Waals surface area contributed by atoms with Crippen LogP contribution in [0.25, 0.3) is 0 Å². The minimum atomic E-state index is -4.31. The molecule has 178 valence electrons. The van der Waals surface area contributed by atoms with Crippen molar-refractivity contribution in [2.24, 2.45) is 0 Å². The Balaban J connectivity index is 4.63. The molecular weight excluding hydrogens is 411 g/mol. The van der Waals surface area contributed by atoms with E-state index in [2.05, 4.69) is 5.09 Å². The second-order valence-corrected chi connectivity index (χ2v) is 9.99. The molecule has 0 fully saturated rings. The zero-order valence-electron chi connectivity index (χ0n) is 19.3. The van der Waals surface area contributed by atoms with Crippen molar-refractivity contribution in [3.05, 3.63) is 0 Å². The van der Waals surface area contributed by atoms with E-state index in [0.29, 0.717) is 17.4 Å². The third kappa shape index (κ3) is 17.8. The van der Waals surface area contributed by atoms with Gasteiger partial charge in [0.1, 0.15) is 25.9 Å². The third-order valence-corrected chi connectivity index (χ3v) is 5.33. The fourth-order valence-corrected chi connectivity index (χ4v) is 3.21. The molecule has 2 atom stereocenters. The van der Waals surface area contributed by atoms with Gasteiger partial charge in [-0.3, -0.25) is 19.2 Å². The van der Waals surface area contributed by atoms with Crippen molar-refractivity contribution in [3.8, 4) is 0 Å². The van der Waals surface area contributed by atoms with E-state index in [-0.39, 0.29) is 38.6 Å². The van der Waals surface area contributed by atoms with Gasteiger partial charge < -0.3 is 23.4 Å². The average Bonchev–Trinajstić information content (AvgIpc) is 2.63. The molecule has 30 heavy (non-hydrogen) atoms. The fourth-order valence-electron chi connectivity index (χ4n) is 2.37. The molecule has 0 aliphatic rings. The highest BCUT2D eigenvalue weighted by Crippen LogP contribution is 2.31. The lowest BCUT2D eigenvalue weighted by atomic mass is 10.2. The van der Waals surface area contributed by atoms with Gasteiger partial charge >= 0.3 is 11.9 Å². The molecule has 0 aromatic heterocycles. The first-order chi connectivity index (χ1) is 14.0. The molecule has 1 unspecified atom stereocenters. The Morgan fingerprint density at radius 3 is 2.10 bits per heavy atom. The van der Waals surface area contributed by atoms with Crippen molar-refractivity contribution in [2.45, 2.75) is 71.3 Å². The molecule has 0 saturated heterocycles. The highest BCUT2D eigenvalue weighted by atomic mass is 31.2. The molecular formula is C20H41N2O7P. The number of nitrogens with one attached hydrogen (secondary N) is 1. The van der Waals surface area contributed by atoms with Gasteiger partial charge in [-0.1, -0.05) is 39.5 Å². The van der Waals surface area contributed by atoms with E-state index in [1.54, 1.807) is 0 Å². The summed E-state index contributed by atoms with van der Waals surface area (Å²) < 4.78 is 28.1. The van der Waals surface area contributed by atoms with E-state index in [9.17, 15) is 19.0 Å². The van der Waals surface area contributed by atoms with Gasteiger partial charge in [-0.05, 0) is 12.8 Å². The van der Waals surface area contributed by atoms with Gasteiger partial charge in [-0.15, -0.1) is 0 Å². The average molecular weight is 453 g/mol. The van der Waals surface area contributed by atoms with Crippen LogP contribution in [0.15, 0.2) is 0 Å². The van der Waals surface area contributed by atoms with Crippen LogP contribution in [0, 0.1) is 0 Å². The monoisotopic (exact) mass is 452 g/mol. The van der Waals surface area contributed by atoms with Gasteiger partial charge in [0.05, 0.1) is 21.1 Å². The van der Waals surface area contributed by atoms with E-state index >= 15 is 0 Å². The van der Waals surface area contributed by atoms with Crippen LogP contribution in [0.1, 0.15) is 65.2 Å². The van der Waals surface area contributed by atoms with Crippen molar-refractivity contribution in [1.29, 1.82) is 0 Å². The van der Waals surface area contributed by atoms with Gasteiger partial charge in [0.15, 0.2) is 0 Å². The maximum absolute atomic E-state index is 12.1. The summed E-state index contributed by atoms with van der Waals surface area (Å²) in [6.45, 7) is 4.20. The summed E-state index contributed by atoms with van der Waals surface area (Å²) in [5.41, 5.74) is 0. The molecule has 9 nitrogen and oxygen atoms in total. The number of carbonyl (C=O) groups excluding carboxylic acids is 2. The van der Waals surface area contributed by atoms with Gasteiger partial charge in [-0.25, -0.2) is 0 Å². The Hall–Kier alpha value is -0.990. The molecule has 10 heteroatoms. The summed E-state index contributed by atoms with van der Waals surface area (Å²) >= 11 is 0. The molecule has 0 aliphatic carbocycles. The number of hydrogen-bond acceptors (Lipinski definition) is 7. The first-order valence-corrected chi connectivity index (χ1v) is 12.4. The molecule has 1 N–H and O–H groups in total. The van der Waals surface area contributed by atoms with Crippen LogP contribution in [-0.2, 0) is 28.2 Å². The normalized spacial score (nSPS) is 14.7. The lowest BCUT2D eigenvalue weighted by molar-refractivity contribution is -0.870. The molecule has 0 bridgehead atoms. The molecule has 0 aromatic carbocycles. The Kier molecular flexibility index (Phi) is 15.2. The van der Waals surface area contributed by atoms with Gasteiger partial charge in [-0.2, -0.15) is 0 Å². The Labute approximate surface area is 181 Å². The lowest BCUT2D eigenvalue weighted by Gasteiger charge is -2.29. The number of ether oxygens (including phenoxy) is 2. The second-order valence-electron chi connectivity index (χ2n) is 8.42. The van der Waals surface area contributed by atoms with Gasteiger partial charge in [0.2, 0.25) is 7.75 Å². The van der Waals surface area contributed by atoms with Gasteiger partial charge in [0.25, 0.3) is 0 Å². The minimum Gasteiger partial charge on any atom is -0.766 e. The Morgan fingerprint density at radius 1 is 1.00 bits per heavy atom. The SMILES string of the molecule is CCCCCC(=O)OC[C@H](CNP(=O)([O-])OCC[N+](C)(C)C)OC(=O)CCCCC. The molecule has 0 aliphatic heterocycles. The molecule has 0 rings (SSSR count). The second kappa shape index (κ2) is 15.8. The number of esters is 2. The zero-order valence-corrected chi connectivity index (χ0v) is 20.2. The molecule has 0 amide bonds. The number of quaternary nitrogens is 1. The summed E-state index contributed by atoms with van der Waals surface area (Å²) in [6.07, 6.45) is 4.83. The fraction of sp³-hybridized carbons (Fsp3) is 0.900. The van der Waals surface area contributed by atoms with Crippen LogP contribution < -0.4 is 9.98 Å². The van der Waals surface area contributed by atoms with E-state index in [0.717, 1.165) is 32.1 Å². The van der Waals surface area contributed by atoms with Crippen LogP contribution >= 0.6 is 7.75 Å². The smallest absolute Gasteiger partial charge is 0.306 e. The maximum Gasteiger partial charge on any atom is 0.306 e. The van der Waals surface area contributed by atoms with Crippen molar-refractivity contribution in [3.63, 3.8) is 0 Å². The number of unbranched alkanes of at least 4 members (excludes halogenated alkanes) is 4. The molecule has 0 radical (unpaired) electrons. The highest BCUT2D eigenvalue weighted by molar-refractivity contribution is 7.49. The lowest BCUT2D eigenvalue weighted by Crippen LogP contribution is -2.39. The largest absolute Gasteiger partial charge is 0.766 e. The van der Waals surface area contributed by atoms with E-state index < -0.39 is 19.8 Å². The zero-order chi connectivity index (χ0) is 23.0. The number of likely N-dealkylation sites (N-methyl/N-ethyl adjacent to an activating group) is 1. The third-order valence-electron chi connectivity index (χ3n) is 4.23. The number of rotatable bonds is 18. The van der Waals surface area contributed by atoms with E-state index in [4.69, 9.17) is 14.0 Å². The molecule has 0 aromatic rings. The topological polar surface area (TPSA) is 114 Å². The molecule has 0 saturated carbocycles. The molecule has 0 spiro atoms. The first kappa shape index (κ1) is 29.0. The number of carbonyl (C=O) groups is 2. The standard InChI is InChI=1S/C20H41N2O7P/c1-6-8-10-12-19(23)27-17-18(29-20(24)13-11-9-7-2)16-21-30(25,26)28-15-14-22(3,4)5/h18H,6-17H2,1-5H3,(H-,21,25,26)/t18-/m0/s1. The Morgan fingerprint density at radius 2 is 1.57 bits per heavy atom. The highest BCUT2D eigenvalue weighted by Gasteiger charge is 2.20. The van der Waals surface area contributed by atoms with Crippen LogP contribution in [0.2, 0.25) is 0 Å². The summed E-state index contributed by atoms with van der Waals surface area (Å²) in [5, 5.41) is 2.30.